The SMILES string of the molecule is COc1cc([N+](=O)[O-])ccc1NC(=O)[C@@H](C)Sc1nnc(C)n1C1CC1. The highest BCUT2D eigenvalue weighted by Crippen LogP contribution is 2.39. The Morgan fingerprint density at radius 3 is 2.81 bits per heavy atom. The number of nitro groups is 1. The number of hydrogen-bond donors (Lipinski definition) is 1. The molecular formula is C16H19N5O4S. The van der Waals surface area contributed by atoms with Crippen LogP contribution in [0.25, 0.3) is 0 Å². The van der Waals surface area contributed by atoms with Crippen molar-refractivity contribution in [1.29, 1.82) is 0 Å². The highest BCUT2D eigenvalue weighted by Gasteiger charge is 2.30. The highest BCUT2D eigenvalue weighted by molar-refractivity contribution is 8.00. The summed E-state index contributed by atoms with van der Waals surface area (Å²) in [6, 6.07) is 4.49. The van der Waals surface area contributed by atoms with Gasteiger partial charge in [-0.3, -0.25) is 14.9 Å². The van der Waals surface area contributed by atoms with Gasteiger partial charge in [-0.1, -0.05) is 11.8 Å². The van der Waals surface area contributed by atoms with E-state index in [1.807, 2.05) is 6.92 Å². The minimum absolute atomic E-state index is 0.102. The van der Waals surface area contributed by atoms with Crippen molar-refractivity contribution >= 4 is 29.0 Å². The summed E-state index contributed by atoms with van der Waals surface area (Å²) >= 11 is 1.34. The zero-order valence-corrected chi connectivity index (χ0v) is 15.4. The molecule has 26 heavy (non-hydrogen) atoms. The van der Waals surface area contributed by atoms with Crippen LogP contribution in [-0.2, 0) is 4.79 Å². The molecule has 2 aromatic rings. The van der Waals surface area contributed by atoms with E-state index in [0.29, 0.717) is 11.7 Å². The van der Waals surface area contributed by atoms with Gasteiger partial charge in [0.05, 0.1) is 29.0 Å². The zero-order valence-electron chi connectivity index (χ0n) is 14.6. The predicted molar refractivity (Wildman–Crippen MR) is 96.6 cm³/mol. The molecule has 1 heterocycles. The molecule has 1 fully saturated rings. The number of carbonyl (C=O) groups excluding carboxylic acids is 1. The van der Waals surface area contributed by atoms with Gasteiger partial charge < -0.3 is 14.6 Å². The van der Waals surface area contributed by atoms with E-state index in [1.54, 1.807) is 6.92 Å². The fraction of sp³-hybridized carbons (Fsp3) is 0.438. The number of non-ortho nitro benzene ring substituents is 1. The minimum Gasteiger partial charge on any atom is -0.494 e. The van der Waals surface area contributed by atoms with Crippen LogP contribution in [0.1, 0.15) is 31.6 Å². The van der Waals surface area contributed by atoms with Gasteiger partial charge in [-0.05, 0) is 32.8 Å². The number of carbonyl (C=O) groups is 1. The topological polar surface area (TPSA) is 112 Å². The van der Waals surface area contributed by atoms with Gasteiger partial charge in [0.2, 0.25) is 5.91 Å². The van der Waals surface area contributed by atoms with E-state index in [9.17, 15) is 14.9 Å². The molecule has 1 aliphatic carbocycles. The van der Waals surface area contributed by atoms with Crippen molar-refractivity contribution in [3.63, 3.8) is 0 Å². The molecule has 1 amide bonds. The maximum atomic E-state index is 12.5. The fourth-order valence-electron chi connectivity index (χ4n) is 2.53. The van der Waals surface area contributed by atoms with Crippen LogP contribution in [0.2, 0.25) is 0 Å². The second kappa shape index (κ2) is 7.32. The first kappa shape index (κ1) is 18.2. The number of nitro benzene ring substituents is 1. The quantitative estimate of drug-likeness (QED) is 0.448. The van der Waals surface area contributed by atoms with Crippen LogP contribution in [0.3, 0.4) is 0 Å². The summed E-state index contributed by atoms with van der Waals surface area (Å²) in [5.74, 6) is 0.839. The second-order valence-electron chi connectivity index (χ2n) is 6.02. The van der Waals surface area contributed by atoms with Gasteiger partial charge in [0.25, 0.3) is 5.69 Å². The Labute approximate surface area is 154 Å². The van der Waals surface area contributed by atoms with Crippen LogP contribution in [-0.4, -0.2) is 38.0 Å². The molecule has 3 rings (SSSR count). The molecule has 1 aromatic heterocycles. The number of anilines is 1. The lowest BCUT2D eigenvalue weighted by molar-refractivity contribution is -0.384. The lowest BCUT2D eigenvalue weighted by atomic mass is 10.2. The number of thioether (sulfide) groups is 1. The third-order valence-electron chi connectivity index (χ3n) is 4.05. The van der Waals surface area contributed by atoms with E-state index in [4.69, 9.17) is 4.74 Å². The molecule has 9 nitrogen and oxygen atoms in total. The van der Waals surface area contributed by atoms with Crippen LogP contribution in [0, 0.1) is 17.0 Å². The largest absolute Gasteiger partial charge is 0.494 e. The number of hydrogen-bond acceptors (Lipinski definition) is 7. The van der Waals surface area contributed by atoms with Gasteiger partial charge in [0, 0.05) is 12.1 Å². The van der Waals surface area contributed by atoms with Gasteiger partial charge >= 0.3 is 0 Å². The number of nitrogens with one attached hydrogen (secondary N) is 1. The monoisotopic (exact) mass is 377 g/mol. The van der Waals surface area contributed by atoms with E-state index in [0.717, 1.165) is 23.8 Å². The predicted octanol–water partition coefficient (Wildman–Crippen LogP) is 2.96. The van der Waals surface area contributed by atoms with Crippen molar-refractivity contribution in [2.24, 2.45) is 0 Å². The lowest BCUT2D eigenvalue weighted by Crippen LogP contribution is -2.23. The molecular weight excluding hydrogens is 358 g/mol. The molecule has 0 saturated heterocycles. The van der Waals surface area contributed by atoms with Gasteiger partial charge in [-0.15, -0.1) is 10.2 Å². The first-order valence-electron chi connectivity index (χ1n) is 8.12. The smallest absolute Gasteiger partial charge is 0.273 e. The Bertz CT molecular complexity index is 849. The highest BCUT2D eigenvalue weighted by atomic mass is 32.2. The van der Waals surface area contributed by atoms with E-state index in [-0.39, 0.29) is 17.3 Å². The molecule has 1 N–H and O–H groups in total. The standard InChI is InChI=1S/C16H19N5O4S/c1-9(26-16-19-18-10(2)20(16)11-4-5-11)15(22)17-13-7-6-12(21(23)24)8-14(13)25-3/h6-9,11H,4-5H2,1-3H3,(H,17,22)/t9-/m1/s1. The number of ether oxygens (including phenoxy) is 1. The average Bonchev–Trinajstić information content (AvgIpc) is 3.38. The maximum Gasteiger partial charge on any atom is 0.273 e. The van der Waals surface area contributed by atoms with E-state index in [1.165, 1.54) is 37.1 Å². The molecule has 1 aromatic carbocycles. The normalized spacial score (nSPS) is 14.7. The summed E-state index contributed by atoms with van der Waals surface area (Å²) in [7, 11) is 1.40. The summed E-state index contributed by atoms with van der Waals surface area (Å²) in [5, 5.41) is 22.2. The number of amides is 1. The van der Waals surface area contributed by atoms with Gasteiger partial charge in [-0.2, -0.15) is 0 Å². The molecule has 10 heteroatoms. The molecule has 0 bridgehead atoms. The Hall–Kier alpha value is -2.62. The van der Waals surface area contributed by atoms with Crippen molar-refractivity contribution in [2.45, 2.75) is 43.1 Å². The number of rotatable bonds is 7. The first-order chi connectivity index (χ1) is 12.4. The average molecular weight is 377 g/mol. The first-order valence-corrected chi connectivity index (χ1v) is 9.00. The Kier molecular flexibility index (Phi) is 5.12. The van der Waals surface area contributed by atoms with Gasteiger partial charge in [0.1, 0.15) is 11.6 Å². The van der Waals surface area contributed by atoms with Crippen LogP contribution in [0.15, 0.2) is 23.4 Å². The molecule has 138 valence electrons. The third kappa shape index (κ3) is 3.79. The Balaban J connectivity index is 1.71. The van der Waals surface area contributed by atoms with Crippen LogP contribution < -0.4 is 10.1 Å². The number of benzene rings is 1. The lowest BCUT2D eigenvalue weighted by Gasteiger charge is -2.14. The van der Waals surface area contributed by atoms with Crippen LogP contribution in [0.4, 0.5) is 11.4 Å². The van der Waals surface area contributed by atoms with Crippen molar-refractivity contribution in [3.8, 4) is 5.75 Å². The fourth-order valence-corrected chi connectivity index (χ4v) is 3.49. The molecule has 0 radical (unpaired) electrons. The van der Waals surface area contributed by atoms with Gasteiger partial charge in [-0.25, -0.2) is 0 Å². The van der Waals surface area contributed by atoms with E-state index in [2.05, 4.69) is 20.1 Å². The van der Waals surface area contributed by atoms with Gasteiger partial charge in [0.15, 0.2) is 5.16 Å². The summed E-state index contributed by atoms with van der Waals surface area (Å²) in [5.41, 5.74) is 0.283. The summed E-state index contributed by atoms with van der Waals surface area (Å²) in [6.07, 6.45) is 2.21. The van der Waals surface area contributed by atoms with E-state index < -0.39 is 10.2 Å². The molecule has 0 aliphatic heterocycles. The van der Waals surface area contributed by atoms with Crippen LogP contribution >= 0.6 is 11.8 Å². The molecule has 0 unspecified atom stereocenters. The molecule has 1 aliphatic rings. The van der Waals surface area contributed by atoms with Crippen molar-refractivity contribution in [2.75, 3.05) is 12.4 Å². The zero-order chi connectivity index (χ0) is 18.8. The summed E-state index contributed by atoms with van der Waals surface area (Å²) in [4.78, 5) is 22.9. The Morgan fingerprint density at radius 1 is 1.46 bits per heavy atom. The number of methoxy groups -OCH3 is 1. The Morgan fingerprint density at radius 2 is 2.19 bits per heavy atom. The van der Waals surface area contributed by atoms with E-state index >= 15 is 0 Å². The molecule has 1 saturated carbocycles. The van der Waals surface area contributed by atoms with Crippen molar-refractivity contribution < 1.29 is 14.5 Å². The number of aromatic nitrogens is 3. The van der Waals surface area contributed by atoms with Crippen molar-refractivity contribution in [1.82, 2.24) is 14.8 Å². The maximum absolute atomic E-state index is 12.5. The van der Waals surface area contributed by atoms with Crippen LogP contribution in [0.5, 0.6) is 5.75 Å². The molecule has 0 spiro atoms. The molecule has 1 atom stereocenters. The minimum atomic E-state index is -0.514. The van der Waals surface area contributed by atoms with Crippen molar-refractivity contribution in [3.05, 3.63) is 34.1 Å². The third-order valence-corrected chi connectivity index (χ3v) is 5.11. The number of nitrogens with zero attached hydrogens (tertiary/aromatic N) is 4. The summed E-state index contributed by atoms with van der Waals surface area (Å²) < 4.78 is 7.22. The number of aryl methyl sites for hydroxylation is 1. The second-order valence-corrected chi connectivity index (χ2v) is 7.33. The summed E-state index contributed by atoms with van der Waals surface area (Å²) in [6.45, 7) is 3.68.